The van der Waals surface area contributed by atoms with Gasteiger partial charge >= 0.3 is 0 Å². The van der Waals surface area contributed by atoms with Gasteiger partial charge in [0, 0.05) is 13.1 Å². The second kappa shape index (κ2) is 7.36. The smallest absolute Gasteiger partial charge is 0.260 e. The summed E-state index contributed by atoms with van der Waals surface area (Å²) in [6, 6.07) is 5.84. The van der Waals surface area contributed by atoms with Crippen molar-refractivity contribution in [2.24, 2.45) is 0 Å². The Labute approximate surface area is 119 Å². The van der Waals surface area contributed by atoms with E-state index >= 15 is 0 Å². The zero-order chi connectivity index (χ0) is 14.4. The summed E-state index contributed by atoms with van der Waals surface area (Å²) >= 11 is 6.18. The number of hydrogen-bond acceptors (Lipinski definition) is 3. The summed E-state index contributed by atoms with van der Waals surface area (Å²) in [5.41, 5.74) is 1.09. The number of nitrogens with one attached hydrogen (secondary N) is 2. The summed E-state index contributed by atoms with van der Waals surface area (Å²) in [5, 5.41) is 6.36. The molecule has 0 aliphatic rings. The number of rotatable bonds is 6. The van der Waals surface area contributed by atoms with E-state index in [2.05, 4.69) is 24.5 Å². The third-order valence-corrected chi connectivity index (χ3v) is 3.18. The second-order valence-corrected chi connectivity index (χ2v) is 4.75. The lowest BCUT2D eigenvalue weighted by atomic mass is 10.1. The summed E-state index contributed by atoms with van der Waals surface area (Å²) in [5.74, 6) is 0.339. The number of likely N-dealkylation sites (N-methyl/N-ethyl adjacent to an activating group) is 1. The standard InChI is InChI=1S/C14H21ClN2O2/c1-5-17-9(2)11-6-7-13(12(15)8-11)19-10(3)14(18)16-4/h6-10,17H,5H2,1-4H3,(H,16,18). The fourth-order valence-electron chi connectivity index (χ4n) is 1.75. The van der Waals surface area contributed by atoms with Crippen LogP contribution in [-0.2, 0) is 4.79 Å². The molecule has 2 atom stereocenters. The quantitative estimate of drug-likeness (QED) is 0.844. The lowest BCUT2D eigenvalue weighted by Crippen LogP contribution is -2.33. The van der Waals surface area contributed by atoms with Gasteiger partial charge < -0.3 is 15.4 Å². The number of amides is 1. The lowest BCUT2D eigenvalue weighted by Gasteiger charge is -2.17. The highest BCUT2D eigenvalue weighted by Crippen LogP contribution is 2.28. The number of carbonyl (C=O) groups is 1. The Balaban J connectivity index is 2.80. The molecule has 2 unspecified atom stereocenters. The van der Waals surface area contributed by atoms with E-state index in [1.807, 2.05) is 12.1 Å². The summed E-state index contributed by atoms with van der Waals surface area (Å²) in [4.78, 5) is 11.4. The molecule has 1 aromatic rings. The predicted molar refractivity (Wildman–Crippen MR) is 77.7 cm³/mol. The van der Waals surface area contributed by atoms with Crippen molar-refractivity contribution >= 4 is 17.5 Å². The predicted octanol–water partition coefficient (Wildman–Crippen LogP) is 2.52. The van der Waals surface area contributed by atoms with Crippen LogP contribution >= 0.6 is 11.6 Å². The minimum absolute atomic E-state index is 0.179. The van der Waals surface area contributed by atoms with Gasteiger partial charge in [0.2, 0.25) is 0 Å². The Morgan fingerprint density at radius 2 is 2.11 bits per heavy atom. The minimum Gasteiger partial charge on any atom is -0.479 e. The second-order valence-electron chi connectivity index (χ2n) is 4.34. The average molecular weight is 285 g/mol. The average Bonchev–Trinajstić information content (AvgIpc) is 2.40. The van der Waals surface area contributed by atoms with E-state index in [1.165, 1.54) is 0 Å². The Morgan fingerprint density at radius 3 is 2.63 bits per heavy atom. The Bertz CT molecular complexity index is 437. The van der Waals surface area contributed by atoms with Crippen molar-refractivity contribution in [1.29, 1.82) is 0 Å². The highest BCUT2D eigenvalue weighted by Gasteiger charge is 2.15. The van der Waals surface area contributed by atoms with Crippen molar-refractivity contribution < 1.29 is 9.53 Å². The molecule has 1 aromatic carbocycles. The van der Waals surface area contributed by atoms with Crippen LogP contribution in [0.2, 0.25) is 5.02 Å². The molecule has 0 saturated heterocycles. The van der Waals surface area contributed by atoms with E-state index in [0.29, 0.717) is 10.8 Å². The topological polar surface area (TPSA) is 50.4 Å². The maximum atomic E-state index is 11.4. The van der Waals surface area contributed by atoms with Crippen molar-refractivity contribution in [2.45, 2.75) is 32.9 Å². The molecule has 106 valence electrons. The zero-order valence-corrected chi connectivity index (χ0v) is 12.5. The normalized spacial score (nSPS) is 13.7. The number of ether oxygens (including phenoxy) is 1. The van der Waals surface area contributed by atoms with Crippen LogP contribution in [0.25, 0.3) is 0 Å². The van der Waals surface area contributed by atoms with E-state index in [4.69, 9.17) is 16.3 Å². The van der Waals surface area contributed by atoms with Crippen LogP contribution < -0.4 is 15.4 Å². The van der Waals surface area contributed by atoms with E-state index in [1.54, 1.807) is 20.0 Å². The molecule has 0 bridgehead atoms. The van der Waals surface area contributed by atoms with Crippen molar-refractivity contribution in [2.75, 3.05) is 13.6 Å². The first kappa shape index (κ1) is 15.8. The van der Waals surface area contributed by atoms with Crippen LogP contribution in [0.1, 0.15) is 32.4 Å². The molecule has 5 heteroatoms. The van der Waals surface area contributed by atoms with E-state index in [-0.39, 0.29) is 11.9 Å². The van der Waals surface area contributed by atoms with Crippen LogP contribution in [-0.4, -0.2) is 25.6 Å². The van der Waals surface area contributed by atoms with Crippen molar-refractivity contribution in [1.82, 2.24) is 10.6 Å². The minimum atomic E-state index is -0.570. The van der Waals surface area contributed by atoms with Crippen LogP contribution in [0.15, 0.2) is 18.2 Å². The molecule has 4 nitrogen and oxygen atoms in total. The van der Waals surface area contributed by atoms with Gasteiger partial charge in [-0.3, -0.25) is 4.79 Å². The summed E-state index contributed by atoms with van der Waals surface area (Å²) < 4.78 is 5.53. The Hall–Kier alpha value is -1.26. The molecular formula is C14H21ClN2O2. The van der Waals surface area contributed by atoms with Gasteiger partial charge in [0.1, 0.15) is 5.75 Å². The van der Waals surface area contributed by atoms with Gasteiger partial charge in [-0.15, -0.1) is 0 Å². The van der Waals surface area contributed by atoms with Crippen molar-refractivity contribution in [3.63, 3.8) is 0 Å². The lowest BCUT2D eigenvalue weighted by molar-refractivity contribution is -0.126. The van der Waals surface area contributed by atoms with E-state index in [9.17, 15) is 4.79 Å². The molecule has 0 aliphatic carbocycles. The first-order valence-electron chi connectivity index (χ1n) is 6.40. The fourth-order valence-corrected chi connectivity index (χ4v) is 1.99. The summed E-state index contributed by atoms with van der Waals surface area (Å²) in [6.07, 6.45) is -0.570. The van der Waals surface area contributed by atoms with Crippen LogP contribution in [0, 0.1) is 0 Å². The maximum absolute atomic E-state index is 11.4. The van der Waals surface area contributed by atoms with Gasteiger partial charge in [0.15, 0.2) is 6.10 Å². The van der Waals surface area contributed by atoms with E-state index < -0.39 is 6.10 Å². The molecular weight excluding hydrogens is 264 g/mol. The zero-order valence-electron chi connectivity index (χ0n) is 11.8. The molecule has 0 saturated carbocycles. The fraction of sp³-hybridized carbons (Fsp3) is 0.500. The van der Waals surface area contributed by atoms with Crippen molar-refractivity contribution in [3.05, 3.63) is 28.8 Å². The number of carbonyl (C=O) groups excluding carboxylic acids is 1. The molecule has 0 radical (unpaired) electrons. The number of halogens is 1. The summed E-state index contributed by atoms with van der Waals surface area (Å²) in [6.45, 7) is 6.71. The van der Waals surface area contributed by atoms with Gasteiger partial charge in [0.25, 0.3) is 5.91 Å². The molecule has 0 aliphatic heterocycles. The number of hydrogen-bond donors (Lipinski definition) is 2. The monoisotopic (exact) mass is 284 g/mol. The first-order valence-corrected chi connectivity index (χ1v) is 6.78. The third-order valence-electron chi connectivity index (χ3n) is 2.89. The Kier molecular flexibility index (Phi) is 6.12. The summed E-state index contributed by atoms with van der Waals surface area (Å²) in [7, 11) is 1.57. The number of benzene rings is 1. The van der Waals surface area contributed by atoms with Crippen molar-refractivity contribution in [3.8, 4) is 5.75 Å². The third kappa shape index (κ3) is 4.40. The van der Waals surface area contributed by atoms with Crippen LogP contribution in [0.5, 0.6) is 5.75 Å². The Morgan fingerprint density at radius 1 is 1.42 bits per heavy atom. The first-order chi connectivity index (χ1) is 8.99. The van der Waals surface area contributed by atoms with Gasteiger partial charge in [-0.1, -0.05) is 24.6 Å². The van der Waals surface area contributed by atoms with Crippen LogP contribution in [0.3, 0.4) is 0 Å². The molecule has 0 fully saturated rings. The molecule has 0 heterocycles. The highest BCUT2D eigenvalue weighted by atomic mass is 35.5. The molecule has 1 rings (SSSR count). The van der Waals surface area contributed by atoms with Gasteiger partial charge in [-0.25, -0.2) is 0 Å². The van der Waals surface area contributed by atoms with Gasteiger partial charge in [-0.05, 0) is 38.1 Å². The highest BCUT2D eigenvalue weighted by molar-refractivity contribution is 6.32. The molecule has 0 aromatic heterocycles. The van der Waals surface area contributed by atoms with Crippen LogP contribution in [0.4, 0.5) is 0 Å². The SMILES string of the molecule is CCNC(C)c1ccc(OC(C)C(=O)NC)c(Cl)c1. The van der Waals surface area contributed by atoms with Gasteiger partial charge in [-0.2, -0.15) is 0 Å². The molecule has 19 heavy (non-hydrogen) atoms. The largest absolute Gasteiger partial charge is 0.479 e. The van der Waals surface area contributed by atoms with E-state index in [0.717, 1.165) is 12.1 Å². The molecule has 0 spiro atoms. The maximum Gasteiger partial charge on any atom is 0.260 e. The molecule has 2 N–H and O–H groups in total. The molecule has 1 amide bonds. The van der Waals surface area contributed by atoms with Gasteiger partial charge in [0.05, 0.1) is 5.02 Å².